The Morgan fingerprint density at radius 3 is 2.16 bits per heavy atom. The molecule has 0 aliphatic carbocycles. The van der Waals surface area contributed by atoms with Gasteiger partial charge in [0.25, 0.3) is 11.7 Å². The van der Waals surface area contributed by atoms with Crippen LogP contribution >= 0.6 is 0 Å². The molecule has 1 atom stereocenters. The molecular formula is C29H27NO7. The standard InChI is InChI=1S/C29H27NO7/c1-4-37-29(34)20-12-10-18(11-13-20)17-30-25(19-8-6-5-7-9-19)24(27(32)28(30)33)26(31)21-14-15-22(35-2)23(16-21)36-3/h5-16,25,31H,4,17H2,1-3H3/b26-24-. The fourth-order valence-corrected chi connectivity index (χ4v) is 4.32. The maximum absolute atomic E-state index is 13.3. The van der Waals surface area contributed by atoms with E-state index in [1.807, 2.05) is 6.07 Å². The highest BCUT2D eigenvalue weighted by molar-refractivity contribution is 6.46. The average Bonchev–Trinajstić information content (AvgIpc) is 3.18. The molecule has 4 rings (SSSR count). The number of benzene rings is 3. The third-order valence-electron chi connectivity index (χ3n) is 6.13. The van der Waals surface area contributed by atoms with Gasteiger partial charge in [0.05, 0.1) is 38.0 Å². The molecule has 1 aliphatic heterocycles. The Hall–Kier alpha value is -4.59. The lowest BCUT2D eigenvalue weighted by atomic mass is 9.95. The minimum absolute atomic E-state index is 0.0217. The van der Waals surface area contributed by atoms with Crippen LogP contribution in [0.3, 0.4) is 0 Å². The molecule has 37 heavy (non-hydrogen) atoms. The van der Waals surface area contributed by atoms with Crippen LogP contribution in [-0.4, -0.2) is 48.5 Å². The van der Waals surface area contributed by atoms with Crippen LogP contribution in [0.15, 0.2) is 78.4 Å². The Morgan fingerprint density at radius 2 is 1.54 bits per heavy atom. The first-order valence-electron chi connectivity index (χ1n) is 11.7. The highest BCUT2D eigenvalue weighted by Gasteiger charge is 2.46. The second-order valence-corrected chi connectivity index (χ2v) is 8.32. The highest BCUT2D eigenvalue weighted by atomic mass is 16.5. The summed E-state index contributed by atoms with van der Waals surface area (Å²) in [7, 11) is 2.97. The van der Waals surface area contributed by atoms with Gasteiger partial charge in [-0.15, -0.1) is 0 Å². The third-order valence-corrected chi connectivity index (χ3v) is 6.13. The van der Waals surface area contributed by atoms with Crippen molar-refractivity contribution in [3.8, 4) is 11.5 Å². The number of nitrogens with zero attached hydrogens (tertiary/aromatic N) is 1. The Kier molecular flexibility index (Phi) is 7.57. The number of amides is 1. The van der Waals surface area contributed by atoms with Crippen molar-refractivity contribution in [3.63, 3.8) is 0 Å². The van der Waals surface area contributed by atoms with Crippen LogP contribution in [0.25, 0.3) is 5.76 Å². The van der Waals surface area contributed by atoms with Gasteiger partial charge >= 0.3 is 5.97 Å². The predicted molar refractivity (Wildman–Crippen MR) is 136 cm³/mol. The molecule has 8 heteroatoms. The van der Waals surface area contributed by atoms with Crippen molar-refractivity contribution < 1.29 is 33.7 Å². The van der Waals surface area contributed by atoms with Crippen molar-refractivity contribution in [3.05, 3.63) is 101 Å². The first-order chi connectivity index (χ1) is 17.9. The molecule has 0 radical (unpaired) electrons. The number of ether oxygens (including phenoxy) is 3. The van der Waals surface area contributed by atoms with E-state index in [1.165, 1.54) is 19.1 Å². The van der Waals surface area contributed by atoms with E-state index in [-0.39, 0.29) is 24.5 Å². The molecule has 0 aromatic heterocycles. The maximum Gasteiger partial charge on any atom is 0.338 e. The number of methoxy groups -OCH3 is 2. The van der Waals surface area contributed by atoms with E-state index < -0.39 is 23.7 Å². The number of aliphatic hydroxyl groups excluding tert-OH is 1. The second-order valence-electron chi connectivity index (χ2n) is 8.32. The summed E-state index contributed by atoms with van der Waals surface area (Å²) in [6, 6.07) is 19.6. The largest absolute Gasteiger partial charge is 0.507 e. The quantitative estimate of drug-likeness (QED) is 0.210. The van der Waals surface area contributed by atoms with E-state index in [4.69, 9.17) is 14.2 Å². The molecule has 1 saturated heterocycles. The fraction of sp³-hybridized carbons (Fsp3) is 0.207. The number of rotatable bonds is 8. The van der Waals surface area contributed by atoms with Gasteiger partial charge in [-0.05, 0) is 48.4 Å². The van der Waals surface area contributed by atoms with Gasteiger partial charge in [-0.1, -0.05) is 42.5 Å². The van der Waals surface area contributed by atoms with E-state index in [1.54, 1.807) is 73.7 Å². The predicted octanol–water partition coefficient (Wildman–Crippen LogP) is 4.50. The number of likely N-dealkylation sites (tertiary alicyclic amines) is 1. The minimum Gasteiger partial charge on any atom is -0.507 e. The van der Waals surface area contributed by atoms with Crippen LogP contribution in [0, 0.1) is 0 Å². The van der Waals surface area contributed by atoms with Gasteiger partial charge in [-0.3, -0.25) is 9.59 Å². The Labute approximate surface area is 214 Å². The van der Waals surface area contributed by atoms with Crippen molar-refractivity contribution in [1.29, 1.82) is 0 Å². The summed E-state index contributed by atoms with van der Waals surface area (Å²) in [6.07, 6.45) is 0. The molecule has 0 bridgehead atoms. The van der Waals surface area contributed by atoms with Crippen LogP contribution < -0.4 is 9.47 Å². The highest BCUT2D eigenvalue weighted by Crippen LogP contribution is 2.41. The number of aliphatic hydroxyl groups is 1. The smallest absolute Gasteiger partial charge is 0.338 e. The molecule has 1 amide bonds. The molecule has 3 aromatic carbocycles. The van der Waals surface area contributed by atoms with Crippen LogP contribution in [0.2, 0.25) is 0 Å². The van der Waals surface area contributed by atoms with E-state index in [0.717, 1.165) is 0 Å². The number of Topliss-reactive ketones (excluding diaryl/α,β-unsaturated/α-hetero) is 1. The van der Waals surface area contributed by atoms with Crippen molar-refractivity contribution in [2.75, 3.05) is 20.8 Å². The zero-order valence-electron chi connectivity index (χ0n) is 20.8. The molecule has 1 aliphatic rings. The van der Waals surface area contributed by atoms with Gasteiger partial charge < -0.3 is 24.2 Å². The zero-order chi connectivity index (χ0) is 26.5. The molecule has 1 heterocycles. The molecule has 1 fully saturated rings. The van der Waals surface area contributed by atoms with Gasteiger partial charge in [-0.25, -0.2) is 4.79 Å². The first-order valence-corrected chi connectivity index (χ1v) is 11.7. The second kappa shape index (κ2) is 11.0. The zero-order valence-corrected chi connectivity index (χ0v) is 20.8. The minimum atomic E-state index is -0.820. The molecule has 8 nitrogen and oxygen atoms in total. The van der Waals surface area contributed by atoms with Gasteiger partial charge in [0.1, 0.15) is 5.76 Å². The van der Waals surface area contributed by atoms with Gasteiger partial charge in [0.2, 0.25) is 0 Å². The van der Waals surface area contributed by atoms with Crippen molar-refractivity contribution >= 4 is 23.4 Å². The lowest BCUT2D eigenvalue weighted by molar-refractivity contribution is -0.140. The summed E-state index contributed by atoms with van der Waals surface area (Å²) in [6.45, 7) is 2.09. The number of esters is 1. The van der Waals surface area contributed by atoms with E-state index in [2.05, 4.69) is 0 Å². The molecule has 1 unspecified atom stereocenters. The first kappa shape index (κ1) is 25.5. The fourth-order valence-electron chi connectivity index (χ4n) is 4.32. The number of carbonyl (C=O) groups excluding carboxylic acids is 3. The van der Waals surface area contributed by atoms with Crippen LogP contribution in [-0.2, 0) is 20.9 Å². The molecule has 3 aromatic rings. The van der Waals surface area contributed by atoms with Crippen LogP contribution in [0.5, 0.6) is 11.5 Å². The number of hydrogen-bond acceptors (Lipinski definition) is 7. The number of hydrogen-bond donors (Lipinski definition) is 1. The third kappa shape index (κ3) is 5.04. The monoisotopic (exact) mass is 501 g/mol. The van der Waals surface area contributed by atoms with Crippen LogP contribution in [0.4, 0.5) is 0 Å². The number of carbonyl (C=O) groups is 3. The lowest BCUT2D eigenvalue weighted by Crippen LogP contribution is -2.29. The summed E-state index contributed by atoms with van der Waals surface area (Å²) in [5.74, 6) is -1.43. The Balaban J connectivity index is 1.76. The van der Waals surface area contributed by atoms with Crippen molar-refractivity contribution in [1.82, 2.24) is 4.90 Å². The van der Waals surface area contributed by atoms with Crippen LogP contribution in [0.1, 0.15) is 40.0 Å². The average molecular weight is 502 g/mol. The Bertz CT molecular complexity index is 1350. The van der Waals surface area contributed by atoms with Crippen molar-refractivity contribution in [2.24, 2.45) is 0 Å². The van der Waals surface area contributed by atoms with Crippen molar-refractivity contribution in [2.45, 2.75) is 19.5 Å². The van der Waals surface area contributed by atoms with E-state index >= 15 is 0 Å². The van der Waals surface area contributed by atoms with Gasteiger partial charge in [-0.2, -0.15) is 0 Å². The Morgan fingerprint density at radius 1 is 0.892 bits per heavy atom. The summed E-state index contributed by atoms with van der Waals surface area (Å²) in [5, 5.41) is 11.3. The topological polar surface area (TPSA) is 102 Å². The molecular weight excluding hydrogens is 474 g/mol. The van der Waals surface area contributed by atoms with Gasteiger partial charge in [0, 0.05) is 12.1 Å². The number of ketones is 1. The van der Waals surface area contributed by atoms with E-state index in [0.29, 0.717) is 33.8 Å². The normalized spacial score (nSPS) is 16.5. The molecule has 1 N–H and O–H groups in total. The molecule has 0 spiro atoms. The summed E-state index contributed by atoms with van der Waals surface area (Å²) >= 11 is 0. The summed E-state index contributed by atoms with van der Waals surface area (Å²) in [4.78, 5) is 39.9. The van der Waals surface area contributed by atoms with E-state index in [9.17, 15) is 19.5 Å². The van der Waals surface area contributed by atoms with Gasteiger partial charge in [0.15, 0.2) is 11.5 Å². The SMILES string of the molecule is CCOC(=O)c1ccc(CN2C(=O)C(=O)/C(=C(\O)c3ccc(OC)c(OC)c3)C2c2ccccc2)cc1. The summed E-state index contributed by atoms with van der Waals surface area (Å²) < 4.78 is 15.6. The summed E-state index contributed by atoms with van der Waals surface area (Å²) in [5.41, 5.74) is 2.07. The molecule has 190 valence electrons. The molecule has 0 saturated carbocycles. The maximum atomic E-state index is 13.3. The lowest BCUT2D eigenvalue weighted by Gasteiger charge is -2.25.